The van der Waals surface area contributed by atoms with Crippen molar-refractivity contribution in [2.45, 2.75) is 108 Å². The zero-order valence-corrected chi connectivity index (χ0v) is 28.5. The van der Waals surface area contributed by atoms with Crippen LogP contribution in [0.4, 0.5) is 0 Å². The second-order valence-corrected chi connectivity index (χ2v) is 15.3. The number of rotatable bonds is 13. The van der Waals surface area contributed by atoms with Crippen molar-refractivity contribution in [3.8, 4) is 5.75 Å². The van der Waals surface area contributed by atoms with Gasteiger partial charge in [-0.1, -0.05) is 36.8 Å². The molecule has 0 aromatic heterocycles. The molecule has 2 saturated heterocycles. The topological polar surface area (TPSA) is 88.2 Å². The Morgan fingerprint density at radius 1 is 1.00 bits per heavy atom. The molecule has 248 valence electrons. The van der Waals surface area contributed by atoms with Gasteiger partial charge in [0.2, 0.25) is 15.9 Å². The fraction of sp³-hybridized carbons (Fsp3) is 0.639. The molecule has 0 bridgehead atoms. The van der Waals surface area contributed by atoms with Gasteiger partial charge in [0.25, 0.3) is 0 Å². The highest BCUT2D eigenvalue weighted by atomic mass is 32.2. The lowest BCUT2D eigenvalue weighted by Crippen LogP contribution is -2.54. The monoisotopic (exact) mass is 639 g/mol. The summed E-state index contributed by atoms with van der Waals surface area (Å²) in [5, 5.41) is 3.07. The maximum absolute atomic E-state index is 13.8. The molecule has 2 aromatic rings. The molecular weight excluding hydrogens is 586 g/mol. The second kappa shape index (κ2) is 15.0. The van der Waals surface area contributed by atoms with Gasteiger partial charge in [-0.3, -0.25) is 9.69 Å². The van der Waals surface area contributed by atoms with E-state index in [9.17, 15) is 13.2 Å². The summed E-state index contributed by atoms with van der Waals surface area (Å²) in [5.74, 6) is 1.21. The first-order valence-electron chi connectivity index (χ1n) is 17.0. The summed E-state index contributed by atoms with van der Waals surface area (Å²) in [6.45, 7) is 9.09. The van der Waals surface area contributed by atoms with Crippen molar-refractivity contribution in [2.24, 2.45) is 5.92 Å². The van der Waals surface area contributed by atoms with E-state index in [2.05, 4.69) is 40.5 Å². The minimum atomic E-state index is -3.73. The fourth-order valence-electron chi connectivity index (χ4n) is 7.81. The number of hydrogen-bond acceptors (Lipinski definition) is 6. The van der Waals surface area contributed by atoms with Crippen LogP contribution in [0.1, 0.15) is 87.8 Å². The predicted molar refractivity (Wildman–Crippen MR) is 178 cm³/mol. The number of carbonyl (C=O) groups is 1. The highest BCUT2D eigenvalue weighted by Crippen LogP contribution is 2.47. The summed E-state index contributed by atoms with van der Waals surface area (Å²) in [6, 6.07) is 14.3. The molecule has 8 nitrogen and oxygen atoms in total. The Labute approximate surface area is 270 Å². The molecule has 0 spiro atoms. The number of likely N-dealkylation sites (tertiary alicyclic amines) is 1. The highest BCUT2D eigenvalue weighted by Gasteiger charge is 2.43. The van der Waals surface area contributed by atoms with Crippen LogP contribution in [-0.2, 0) is 25.1 Å². The van der Waals surface area contributed by atoms with Gasteiger partial charge >= 0.3 is 0 Å². The summed E-state index contributed by atoms with van der Waals surface area (Å²) < 4.78 is 40.6. The molecule has 45 heavy (non-hydrogen) atoms. The van der Waals surface area contributed by atoms with Gasteiger partial charge in [-0.2, -0.15) is 4.31 Å². The number of ether oxygens (including phenoxy) is 2. The minimum Gasteiger partial charge on any atom is -0.497 e. The van der Waals surface area contributed by atoms with E-state index in [0.29, 0.717) is 47.2 Å². The van der Waals surface area contributed by atoms with Gasteiger partial charge in [-0.15, -0.1) is 0 Å². The maximum atomic E-state index is 13.8. The molecule has 2 atom stereocenters. The summed E-state index contributed by atoms with van der Waals surface area (Å²) in [6.07, 6.45) is 10.1. The van der Waals surface area contributed by atoms with E-state index in [0.717, 1.165) is 25.7 Å². The van der Waals surface area contributed by atoms with Gasteiger partial charge in [0, 0.05) is 37.8 Å². The first-order chi connectivity index (χ1) is 21.7. The Morgan fingerprint density at radius 3 is 2.31 bits per heavy atom. The zero-order chi connectivity index (χ0) is 32.0. The summed E-state index contributed by atoms with van der Waals surface area (Å²) >= 11 is 0. The Morgan fingerprint density at radius 2 is 1.69 bits per heavy atom. The smallest absolute Gasteiger partial charge is 0.248 e. The zero-order valence-electron chi connectivity index (χ0n) is 27.7. The molecule has 3 aliphatic rings. The summed E-state index contributed by atoms with van der Waals surface area (Å²) in [5.41, 5.74) is 3.02. The third-order valence-electron chi connectivity index (χ3n) is 10.5. The average molecular weight is 640 g/mol. The number of benzene rings is 2. The van der Waals surface area contributed by atoms with Crippen molar-refractivity contribution in [2.75, 3.05) is 39.9 Å². The fourth-order valence-corrected chi connectivity index (χ4v) is 9.91. The van der Waals surface area contributed by atoms with Crippen LogP contribution >= 0.6 is 0 Å². The van der Waals surface area contributed by atoms with Crippen LogP contribution in [-0.4, -0.2) is 75.6 Å². The quantitative estimate of drug-likeness (QED) is 0.273. The maximum Gasteiger partial charge on any atom is 0.248 e. The predicted octanol–water partition coefficient (Wildman–Crippen LogP) is 5.95. The SMILES string of the molecule is COc1cc(C)c(S(=O)(=O)N2CCCCC2COC(C)C(=O)NCCCC2CCC(c3ccccc3)(N3CCC3)CC2)c(C)c1. The lowest BCUT2D eigenvalue weighted by atomic mass is 9.69. The number of piperidine rings is 1. The van der Waals surface area contributed by atoms with Crippen molar-refractivity contribution in [3.63, 3.8) is 0 Å². The first kappa shape index (κ1) is 33.9. The van der Waals surface area contributed by atoms with Crippen molar-refractivity contribution >= 4 is 15.9 Å². The largest absolute Gasteiger partial charge is 0.497 e. The van der Waals surface area contributed by atoms with E-state index in [4.69, 9.17) is 9.47 Å². The molecule has 1 amide bonds. The number of nitrogens with zero attached hydrogens (tertiary/aromatic N) is 2. The third kappa shape index (κ3) is 7.58. The van der Waals surface area contributed by atoms with Gasteiger partial charge in [0.15, 0.2) is 0 Å². The van der Waals surface area contributed by atoms with E-state index >= 15 is 0 Å². The molecule has 2 aromatic carbocycles. The number of carbonyl (C=O) groups excluding carboxylic acids is 1. The van der Waals surface area contributed by atoms with E-state index < -0.39 is 16.1 Å². The van der Waals surface area contributed by atoms with E-state index in [1.165, 1.54) is 50.8 Å². The van der Waals surface area contributed by atoms with Crippen LogP contribution < -0.4 is 10.1 Å². The first-order valence-corrected chi connectivity index (χ1v) is 18.5. The van der Waals surface area contributed by atoms with Crippen LogP contribution in [0.3, 0.4) is 0 Å². The molecule has 2 heterocycles. The van der Waals surface area contributed by atoms with Crippen LogP contribution in [0.15, 0.2) is 47.4 Å². The number of aryl methyl sites for hydroxylation is 2. The standard InChI is InChI=1S/C36H53N3O5S/c1-27-24-33(43-4)25-28(2)34(27)45(41,42)39-23-9-8-15-32(39)26-44-29(3)35(40)37-20-10-12-30-16-18-36(19-17-30,38-21-11-22-38)31-13-6-5-7-14-31/h5-7,13-14,24-25,29-30,32H,8-12,15-23,26H2,1-4H3,(H,37,40). The highest BCUT2D eigenvalue weighted by molar-refractivity contribution is 7.89. The molecular formula is C36H53N3O5S. The molecule has 9 heteroatoms. The van der Waals surface area contributed by atoms with Crippen molar-refractivity contribution in [1.29, 1.82) is 0 Å². The summed E-state index contributed by atoms with van der Waals surface area (Å²) in [7, 11) is -2.14. The van der Waals surface area contributed by atoms with Gasteiger partial charge in [-0.25, -0.2) is 8.42 Å². The molecule has 2 aliphatic heterocycles. The average Bonchev–Trinajstić information content (AvgIpc) is 3.01. The normalized spacial score (nSPS) is 25.3. The van der Waals surface area contributed by atoms with Gasteiger partial charge in [0.05, 0.1) is 18.6 Å². The number of hydrogen-bond donors (Lipinski definition) is 1. The number of nitrogens with one attached hydrogen (secondary N) is 1. The molecule has 5 rings (SSSR count). The Balaban J connectivity index is 1.07. The van der Waals surface area contributed by atoms with E-state index in [-0.39, 0.29) is 24.1 Å². The second-order valence-electron chi connectivity index (χ2n) is 13.4. The van der Waals surface area contributed by atoms with E-state index in [1.54, 1.807) is 30.5 Å². The summed E-state index contributed by atoms with van der Waals surface area (Å²) in [4.78, 5) is 15.9. The molecule has 0 radical (unpaired) electrons. The van der Waals surface area contributed by atoms with Gasteiger partial charge < -0.3 is 14.8 Å². The lowest BCUT2D eigenvalue weighted by Gasteiger charge is -2.52. The van der Waals surface area contributed by atoms with Gasteiger partial charge in [-0.05, 0) is 113 Å². The van der Waals surface area contributed by atoms with Crippen LogP contribution in [0, 0.1) is 19.8 Å². The van der Waals surface area contributed by atoms with Crippen LogP contribution in [0.2, 0.25) is 0 Å². The third-order valence-corrected chi connectivity index (χ3v) is 12.8. The Hall–Kier alpha value is -2.46. The number of sulfonamides is 1. The van der Waals surface area contributed by atoms with Crippen molar-refractivity contribution in [1.82, 2.24) is 14.5 Å². The van der Waals surface area contributed by atoms with Crippen molar-refractivity contribution in [3.05, 3.63) is 59.2 Å². The van der Waals surface area contributed by atoms with Crippen molar-refractivity contribution < 1.29 is 22.7 Å². The minimum absolute atomic E-state index is 0.133. The van der Waals surface area contributed by atoms with Crippen LogP contribution in [0.25, 0.3) is 0 Å². The lowest BCUT2D eigenvalue weighted by molar-refractivity contribution is -0.132. The molecule has 1 saturated carbocycles. The number of methoxy groups -OCH3 is 1. The molecule has 1 N–H and O–H groups in total. The molecule has 3 fully saturated rings. The van der Waals surface area contributed by atoms with E-state index in [1.807, 2.05) is 13.8 Å². The Kier molecular flexibility index (Phi) is 11.3. The van der Waals surface area contributed by atoms with Gasteiger partial charge in [0.1, 0.15) is 11.9 Å². The Bertz CT molecular complexity index is 1360. The molecule has 1 aliphatic carbocycles. The number of amides is 1. The molecule has 2 unspecified atom stereocenters. The van der Waals surface area contributed by atoms with Crippen LogP contribution in [0.5, 0.6) is 5.75 Å².